The summed E-state index contributed by atoms with van der Waals surface area (Å²) in [4.78, 5) is 16.4. The van der Waals surface area contributed by atoms with Gasteiger partial charge in [-0.3, -0.25) is 4.79 Å². The number of fused-ring (bicyclic) bond motifs is 1. The highest BCUT2D eigenvalue weighted by atomic mass is 32.1. The lowest BCUT2D eigenvalue weighted by Gasteiger charge is -2.18. The minimum atomic E-state index is -0.0635. The molecule has 1 unspecified atom stereocenters. The fourth-order valence-electron chi connectivity index (χ4n) is 2.05. The maximum Gasteiger partial charge on any atom is 0.251 e. The van der Waals surface area contributed by atoms with Crippen molar-refractivity contribution in [3.63, 3.8) is 0 Å². The summed E-state index contributed by atoms with van der Waals surface area (Å²) in [5.74, 6) is 0.448. The van der Waals surface area contributed by atoms with Crippen molar-refractivity contribution >= 4 is 27.5 Å². The maximum atomic E-state index is 12.2. The van der Waals surface area contributed by atoms with Crippen LogP contribution < -0.4 is 11.1 Å². The van der Waals surface area contributed by atoms with Gasteiger partial charge in [-0.2, -0.15) is 0 Å². The van der Waals surface area contributed by atoms with Crippen molar-refractivity contribution in [1.29, 1.82) is 0 Å². The average Bonchev–Trinajstić information content (AvgIpc) is 2.84. The van der Waals surface area contributed by atoms with Crippen LogP contribution in [0.1, 0.15) is 30.6 Å². The van der Waals surface area contributed by atoms with Gasteiger partial charge in [0.1, 0.15) is 0 Å². The third-order valence-electron chi connectivity index (χ3n) is 2.97. The molecule has 1 aromatic heterocycles. The Balaban J connectivity index is 2.09. The zero-order valence-corrected chi connectivity index (χ0v) is 12.0. The van der Waals surface area contributed by atoms with E-state index in [0.717, 1.165) is 16.6 Å². The Hall–Kier alpha value is -1.46. The van der Waals surface area contributed by atoms with Crippen LogP contribution in [0.3, 0.4) is 0 Å². The Bertz CT molecular complexity index is 565. The van der Waals surface area contributed by atoms with E-state index in [-0.39, 0.29) is 11.9 Å². The van der Waals surface area contributed by atoms with Gasteiger partial charge in [0, 0.05) is 18.2 Å². The second-order valence-electron chi connectivity index (χ2n) is 5.07. The Morgan fingerprint density at radius 2 is 2.26 bits per heavy atom. The molecule has 2 aromatic rings. The minimum Gasteiger partial charge on any atom is -0.348 e. The molecule has 1 atom stereocenters. The number of carbonyl (C=O) groups is 1. The molecule has 0 aliphatic carbocycles. The molecule has 1 amide bonds. The van der Waals surface area contributed by atoms with Crippen LogP contribution in [0.2, 0.25) is 0 Å². The molecule has 19 heavy (non-hydrogen) atoms. The highest BCUT2D eigenvalue weighted by molar-refractivity contribution is 7.16. The number of nitrogens with two attached hydrogens (primary N) is 1. The molecule has 0 saturated heterocycles. The number of carbonyl (C=O) groups excluding carboxylic acids is 1. The number of benzene rings is 1. The van der Waals surface area contributed by atoms with E-state index < -0.39 is 0 Å². The first-order valence-electron chi connectivity index (χ1n) is 6.44. The zero-order valence-electron chi connectivity index (χ0n) is 11.2. The predicted molar refractivity (Wildman–Crippen MR) is 79.4 cm³/mol. The number of thiazole rings is 1. The quantitative estimate of drug-likeness (QED) is 0.881. The van der Waals surface area contributed by atoms with Crippen LogP contribution in [0.25, 0.3) is 10.2 Å². The molecule has 1 heterocycles. The molecule has 0 radical (unpaired) electrons. The Morgan fingerprint density at radius 3 is 2.95 bits per heavy atom. The first kappa shape index (κ1) is 14.0. The lowest BCUT2D eigenvalue weighted by molar-refractivity contribution is 0.0934. The normalized spacial score (nSPS) is 12.8. The number of hydrogen-bond acceptors (Lipinski definition) is 4. The SMILES string of the molecule is CC(C)CC(CN)NC(=O)c1ccc2ncsc2c1. The summed E-state index contributed by atoms with van der Waals surface area (Å²) in [6.45, 7) is 4.71. The number of rotatable bonds is 5. The third kappa shape index (κ3) is 3.52. The first-order valence-corrected chi connectivity index (χ1v) is 7.32. The van der Waals surface area contributed by atoms with Gasteiger partial charge in [-0.05, 0) is 30.5 Å². The monoisotopic (exact) mass is 277 g/mol. The number of nitrogens with one attached hydrogen (secondary N) is 1. The van der Waals surface area contributed by atoms with Gasteiger partial charge in [0.15, 0.2) is 0 Å². The highest BCUT2D eigenvalue weighted by Gasteiger charge is 2.14. The number of nitrogens with zero attached hydrogens (tertiary/aromatic N) is 1. The molecule has 4 nitrogen and oxygen atoms in total. The van der Waals surface area contributed by atoms with Crippen molar-refractivity contribution in [1.82, 2.24) is 10.3 Å². The van der Waals surface area contributed by atoms with Gasteiger partial charge >= 0.3 is 0 Å². The topological polar surface area (TPSA) is 68.0 Å². The summed E-state index contributed by atoms with van der Waals surface area (Å²) < 4.78 is 1.03. The van der Waals surface area contributed by atoms with Gasteiger partial charge < -0.3 is 11.1 Å². The molecule has 0 saturated carbocycles. The fourth-order valence-corrected chi connectivity index (χ4v) is 2.76. The molecular formula is C14H19N3OS. The molecule has 0 aliphatic rings. The van der Waals surface area contributed by atoms with E-state index in [2.05, 4.69) is 24.1 Å². The van der Waals surface area contributed by atoms with Gasteiger partial charge in [-0.25, -0.2) is 4.98 Å². The van der Waals surface area contributed by atoms with E-state index in [0.29, 0.717) is 18.0 Å². The van der Waals surface area contributed by atoms with Crippen molar-refractivity contribution in [2.45, 2.75) is 26.3 Å². The van der Waals surface area contributed by atoms with E-state index in [1.165, 1.54) is 11.3 Å². The molecule has 0 bridgehead atoms. The van der Waals surface area contributed by atoms with Gasteiger partial charge in [0.25, 0.3) is 5.91 Å². The summed E-state index contributed by atoms with van der Waals surface area (Å²) in [6.07, 6.45) is 0.894. The van der Waals surface area contributed by atoms with Crippen molar-refractivity contribution < 1.29 is 4.79 Å². The van der Waals surface area contributed by atoms with E-state index >= 15 is 0 Å². The Kier molecular flexibility index (Phi) is 4.50. The van der Waals surface area contributed by atoms with Crippen molar-refractivity contribution in [3.05, 3.63) is 29.3 Å². The molecule has 0 aliphatic heterocycles. The van der Waals surface area contributed by atoms with Crippen LogP contribution in [0, 0.1) is 5.92 Å². The van der Waals surface area contributed by atoms with E-state index in [1.807, 2.05) is 12.1 Å². The number of hydrogen-bond donors (Lipinski definition) is 2. The largest absolute Gasteiger partial charge is 0.348 e. The molecule has 0 spiro atoms. The molecule has 102 valence electrons. The van der Waals surface area contributed by atoms with E-state index in [9.17, 15) is 4.79 Å². The standard InChI is InChI=1S/C14H19N3OS/c1-9(2)5-11(7-15)17-14(18)10-3-4-12-13(6-10)19-8-16-12/h3-4,6,8-9,11H,5,7,15H2,1-2H3,(H,17,18). The lowest BCUT2D eigenvalue weighted by Crippen LogP contribution is -2.41. The lowest BCUT2D eigenvalue weighted by atomic mass is 10.0. The van der Waals surface area contributed by atoms with Gasteiger partial charge in [0.2, 0.25) is 0 Å². The molecule has 1 aromatic carbocycles. The van der Waals surface area contributed by atoms with Crippen LogP contribution in [-0.2, 0) is 0 Å². The maximum absolute atomic E-state index is 12.2. The second-order valence-corrected chi connectivity index (χ2v) is 5.96. The van der Waals surface area contributed by atoms with Crippen LogP contribution >= 0.6 is 11.3 Å². The van der Waals surface area contributed by atoms with E-state index in [1.54, 1.807) is 11.6 Å². The van der Waals surface area contributed by atoms with E-state index in [4.69, 9.17) is 5.73 Å². The summed E-state index contributed by atoms with van der Waals surface area (Å²) in [6, 6.07) is 5.59. The average molecular weight is 277 g/mol. The Morgan fingerprint density at radius 1 is 1.47 bits per heavy atom. The summed E-state index contributed by atoms with van der Waals surface area (Å²) >= 11 is 1.54. The van der Waals surface area contributed by atoms with Crippen LogP contribution in [0.5, 0.6) is 0 Å². The summed E-state index contributed by atoms with van der Waals surface area (Å²) in [7, 11) is 0. The van der Waals surface area contributed by atoms with Gasteiger partial charge in [-0.15, -0.1) is 11.3 Å². The number of aromatic nitrogens is 1. The van der Waals surface area contributed by atoms with Crippen LogP contribution in [-0.4, -0.2) is 23.5 Å². The summed E-state index contributed by atoms with van der Waals surface area (Å²) in [5, 5.41) is 2.99. The van der Waals surface area contributed by atoms with Gasteiger partial charge in [0.05, 0.1) is 15.7 Å². The smallest absolute Gasteiger partial charge is 0.251 e. The summed E-state index contributed by atoms with van der Waals surface area (Å²) in [5.41, 5.74) is 9.08. The second kappa shape index (κ2) is 6.12. The predicted octanol–water partition coefficient (Wildman–Crippen LogP) is 2.40. The molecule has 0 fully saturated rings. The molecular weight excluding hydrogens is 258 g/mol. The van der Waals surface area contributed by atoms with Crippen LogP contribution in [0.15, 0.2) is 23.7 Å². The van der Waals surface area contributed by atoms with Gasteiger partial charge in [-0.1, -0.05) is 13.8 Å². The third-order valence-corrected chi connectivity index (χ3v) is 3.76. The van der Waals surface area contributed by atoms with Crippen molar-refractivity contribution in [2.24, 2.45) is 11.7 Å². The fraction of sp³-hybridized carbons (Fsp3) is 0.429. The molecule has 3 N–H and O–H groups in total. The number of amides is 1. The molecule has 2 rings (SSSR count). The zero-order chi connectivity index (χ0) is 13.8. The Labute approximate surface area is 117 Å². The van der Waals surface area contributed by atoms with Crippen LogP contribution in [0.4, 0.5) is 0 Å². The van der Waals surface area contributed by atoms with Crippen molar-refractivity contribution in [3.8, 4) is 0 Å². The minimum absolute atomic E-state index is 0.0321. The van der Waals surface area contributed by atoms with Crippen molar-refractivity contribution in [2.75, 3.05) is 6.54 Å². The first-order chi connectivity index (χ1) is 9.10. The molecule has 5 heteroatoms. The highest BCUT2D eigenvalue weighted by Crippen LogP contribution is 2.19.